The molecule has 2 N–H and O–H groups in total. The van der Waals surface area contributed by atoms with Crippen LogP contribution >= 0.6 is 0 Å². The molecule has 0 saturated heterocycles. The molecule has 0 radical (unpaired) electrons. The minimum atomic E-state index is -4.82. The highest BCUT2D eigenvalue weighted by Gasteiger charge is 2.42. The molecule has 0 bridgehead atoms. The quantitative estimate of drug-likeness (QED) is 0.662. The van der Waals surface area contributed by atoms with Crippen molar-refractivity contribution in [3.05, 3.63) is 88.1 Å². The number of alkyl halides is 3. The van der Waals surface area contributed by atoms with E-state index in [1.54, 1.807) is 12.1 Å². The molecule has 0 unspecified atom stereocenters. The maximum atomic E-state index is 13.0. The zero-order valence-corrected chi connectivity index (χ0v) is 15.9. The van der Waals surface area contributed by atoms with Crippen LogP contribution in [0.15, 0.2) is 65.7 Å². The summed E-state index contributed by atoms with van der Waals surface area (Å²) in [6.45, 7) is 0.241. The van der Waals surface area contributed by atoms with Crippen molar-refractivity contribution in [2.75, 3.05) is 6.61 Å². The van der Waals surface area contributed by atoms with Gasteiger partial charge >= 0.3 is 6.36 Å². The highest BCUT2D eigenvalue weighted by molar-refractivity contribution is 5.94. The van der Waals surface area contributed by atoms with Gasteiger partial charge in [0.1, 0.15) is 22.7 Å². The van der Waals surface area contributed by atoms with Gasteiger partial charge in [-0.05, 0) is 35.9 Å². The van der Waals surface area contributed by atoms with E-state index < -0.39 is 17.8 Å². The van der Waals surface area contributed by atoms with Crippen molar-refractivity contribution < 1.29 is 27.4 Å². The van der Waals surface area contributed by atoms with Gasteiger partial charge in [-0.1, -0.05) is 12.1 Å². The average Bonchev–Trinajstić information content (AvgIpc) is 2.74. The van der Waals surface area contributed by atoms with Crippen molar-refractivity contribution in [1.29, 1.82) is 0 Å². The zero-order chi connectivity index (χ0) is 22.1. The molecule has 0 spiro atoms. The molecule has 0 fully saturated rings. The second-order valence-electron chi connectivity index (χ2n) is 6.82. The Labute approximate surface area is 173 Å². The normalized spacial score (nSPS) is 17.9. The van der Waals surface area contributed by atoms with E-state index in [9.17, 15) is 22.8 Å². The lowest BCUT2D eigenvalue weighted by molar-refractivity contribution is -0.274. The SMILES string of the molecule is O=C(N[C@]1(c2ccc(OC(F)(F)F)cc2)CCOc2cccnc21)c1ccc(=O)[nH]c1. The first-order chi connectivity index (χ1) is 14.8. The summed E-state index contributed by atoms with van der Waals surface area (Å²) in [4.78, 5) is 31.1. The van der Waals surface area contributed by atoms with Crippen LogP contribution in [0.2, 0.25) is 0 Å². The molecule has 31 heavy (non-hydrogen) atoms. The van der Waals surface area contributed by atoms with E-state index in [2.05, 4.69) is 20.0 Å². The third kappa shape index (κ3) is 4.23. The Morgan fingerprint density at radius 3 is 2.61 bits per heavy atom. The monoisotopic (exact) mass is 431 g/mol. The van der Waals surface area contributed by atoms with Gasteiger partial charge in [-0.25, -0.2) is 0 Å². The zero-order valence-electron chi connectivity index (χ0n) is 15.9. The Bertz CT molecular complexity index is 1140. The van der Waals surface area contributed by atoms with Gasteiger partial charge in [0.2, 0.25) is 5.56 Å². The van der Waals surface area contributed by atoms with E-state index in [-0.39, 0.29) is 29.9 Å². The summed E-state index contributed by atoms with van der Waals surface area (Å²) in [6, 6.07) is 11.2. The van der Waals surface area contributed by atoms with Crippen molar-refractivity contribution in [2.24, 2.45) is 0 Å². The molecule has 10 heteroatoms. The molecular weight excluding hydrogens is 415 g/mol. The smallest absolute Gasteiger partial charge is 0.491 e. The van der Waals surface area contributed by atoms with E-state index in [1.165, 1.54) is 48.8 Å². The second kappa shape index (κ2) is 7.78. The number of H-pyrrole nitrogens is 1. The molecule has 1 amide bonds. The number of aromatic amines is 1. The molecule has 2 aromatic heterocycles. The molecule has 1 aromatic carbocycles. The molecule has 1 atom stereocenters. The molecule has 4 rings (SSSR count). The van der Waals surface area contributed by atoms with Gasteiger partial charge in [0.05, 0.1) is 12.2 Å². The lowest BCUT2D eigenvalue weighted by atomic mass is 9.81. The van der Waals surface area contributed by atoms with E-state index in [1.807, 2.05) is 0 Å². The lowest BCUT2D eigenvalue weighted by Gasteiger charge is -2.39. The van der Waals surface area contributed by atoms with Crippen molar-refractivity contribution in [2.45, 2.75) is 18.3 Å². The average molecular weight is 431 g/mol. The maximum absolute atomic E-state index is 13.0. The van der Waals surface area contributed by atoms with Gasteiger partial charge in [0.25, 0.3) is 5.91 Å². The number of rotatable bonds is 4. The lowest BCUT2D eigenvalue weighted by Crippen LogP contribution is -2.50. The number of hydrogen-bond acceptors (Lipinski definition) is 5. The third-order valence-corrected chi connectivity index (χ3v) is 4.86. The van der Waals surface area contributed by atoms with Gasteiger partial charge in [0.15, 0.2) is 0 Å². The summed E-state index contributed by atoms with van der Waals surface area (Å²) in [5.41, 5.74) is -0.394. The fourth-order valence-electron chi connectivity index (χ4n) is 3.49. The van der Waals surface area contributed by atoms with Crippen LogP contribution in [-0.2, 0) is 5.54 Å². The van der Waals surface area contributed by atoms with Crippen molar-refractivity contribution in [1.82, 2.24) is 15.3 Å². The van der Waals surface area contributed by atoms with E-state index >= 15 is 0 Å². The van der Waals surface area contributed by atoms with Crippen LogP contribution in [0.3, 0.4) is 0 Å². The number of pyridine rings is 2. The number of ether oxygens (including phenoxy) is 2. The van der Waals surface area contributed by atoms with Crippen LogP contribution in [-0.4, -0.2) is 28.8 Å². The van der Waals surface area contributed by atoms with Crippen LogP contribution in [0.25, 0.3) is 0 Å². The minimum absolute atomic E-state index is 0.208. The van der Waals surface area contributed by atoms with Gasteiger partial charge in [0, 0.05) is 24.9 Å². The summed E-state index contributed by atoms with van der Waals surface area (Å²) in [6.07, 6.45) is -1.71. The number of fused-ring (bicyclic) bond motifs is 1. The summed E-state index contributed by atoms with van der Waals surface area (Å²) < 4.78 is 47.2. The van der Waals surface area contributed by atoms with Crippen LogP contribution in [0.1, 0.15) is 28.0 Å². The summed E-state index contributed by atoms with van der Waals surface area (Å²) in [5, 5.41) is 2.94. The first-order valence-electron chi connectivity index (χ1n) is 9.23. The fraction of sp³-hybridized carbons (Fsp3) is 0.190. The molecule has 0 aliphatic carbocycles. The number of carbonyl (C=O) groups excluding carboxylic acids is 1. The molecular formula is C21H16F3N3O4. The van der Waals surface area contributed by atoms with Gasteiger partial charge in [-0.15, -0.1) is 13.2 Å². The van der Waals surface area contributed by atoms with E-state index in [0.29, 0.717) is 17.0 Å². The van der Waals surface area contributed by atoms with E-state index in [4.69, 9.17) is 4.74 Å². The van der Waals surface area contributed by atoms with Crippen molar-refractivity contribution in [3.63, 3.8) is 0 Å². The number of amides is 1. The minimum Gasteiger partial charge on any atom is -0.491 e. The molecule has 3 aromatic rings. The number of nitrogens with zero attached hydrogens (tertiary/aromatic N) is 1. The van der Waals surface area contributed by atoms with Crippen molar-refractivity contribution in [3.8, 4) is 11.5 Å². The second-order valence-corrected chi connectivity index (χ2v) is 6.82. The van der Waals surface area contributed by atoms with Crippen LogP contribution in [0.4, 0.5) is 13.2 Å². The molecule has 3 heterocycles. The van der Waals surface area contributed by atoms with Gasteiger partial charge in [-0.2, -0.15) is 0 Å². The summed E-state index contributed by atoms with van der Waals surface area (Å²) >= 11 is 0. The molecule has 1 aliphatic rings. The van der Waals surface area contributed by atoms with Gasteiger partial charge < -0.3 is 19.8 Å². The maximum Gasteiger partial charge on any atom is 0.573 e. The Balaban J connectivity index is 1.77. The Kier molecular flexibility index (Phi) is 5.14. The van der Waals surface area contributed by atoms with Crippen molar-refractivity contribution >= 4 is 5.91 Å². The molecule has 1 aliphatic heterocycles. The topological polar surface area (TPSA) is 93.3 Å². The number of aromatic nitrogens is 2. The number of hydrogen-bond donors (Lipinski definition) is 2. The first-order valence-corrected chi connectivity index (χ1v) is 9.23. The highest BCUT2D eigenvalue weighted by Crippen LogP contribution is 2.41. The fourth-order valence-corrected chi connectivity index (χ4v) is 3.49. The largest absolute Gasteiger partial charge is 0.573 e. The Hall–Kier alpha value is -3.82. The summed E-state index contributed by atoms with van der Waals surface area (Å²) in [5.74, 6) is -0.428. The predicted molar refractivity (Wildman–Crippen MR) is 103 cm³/mol. The van der Waals surface area contributed by atoms with Crippen LogP contribution in [0.5, 0.6) is 11.5 Å². The standard InChI is InChI=1S/C21H16F3N3O4/c22-21(23,24)31-15-6-4-14(5-7-15)20(9-11-30-16-2-1-10-25-18(16)20)27-19(29)13-3-8-17(28)26-12-13/h1-8,10,12H,9,11H2,(H,26,28)(H,27,29)/t20-/m0/s1. The molecule has 7 nitrogen and oxygen atoms in total. The summed E-state index contributed by atoms with van der Waals surface area (Å²) in [7, 11) is 0. The van der Waals surface area contributed by atoms with Crippen LogP contribution in [0, 0.1) is 0 Å². The Morgan fingerprint density at radius 2 is 1.94 bits per heavy atom. The van der Waals surface area contributed by atoms with E-state index in [0.717, 1.165) is 0 Å². The molecule has 160 valence electrons. The van der Waals surface area contributed by atoms with Gasteiger partial charge in [-0.3, -0.25) is 14.6 Å². The third-order valence-electron chi connectivity index (χ3n) is 4.86. The number of benzene rings is 1. The number of halogens is 3. The highest BCUT2D eigenvalue weighted by atomic mass is 19.4. The number of nitrogens with one attached hydrogen (secondary N) is 2. The predicted octanol–water partition coefficient (Wildman–Crippen LogP) is 3.12. The van der Waals surface area contributed by atoms with Crippen LogP contribution < -0.4 is 20.3 Å². The number of carbonyl (C=O) groups is 1. The first kappa shape index (κ1) is 20.5. The molecule has 0 saturated carbocycles. The Morgan fingerprint density at radius 1 is 1.16 bits per heavy atom.